The zero-order valence-corrected chi connectivity index (χ0v) is 15.5. The predicted molar refractivity (Wildman–Crippen MR) is 94.1 cm³/mol. The summed E-state index contributed by atoms with van der Waals surface area (Å²) in [7, 11) is 4.70. The van der Waals surface area contributed by atoms with Gasteiger partial charge in [-0.05, 0) is 51.0 Å². The second-order valence-corrected chi connectivity index (χ2v) is 7.85. The Balaban J connectivity index is 4.91. The first-order chi connectivity index (χ1) is 9.04. The summed E-state index contributed by atoms with van der Waals surface area (Å²) in [6, 6.07) is 0. The molecule has 2 radical (unpaired) electrons. The Hall–Kier alpha value is 0.0499. The van der Waals surface area contributed by atoms with Gasteiger partial charge in [0.1, 0.15) is 0 Å². The Morgan fingerprint density at radius 3 is 1.75 bits per heavy atom. The van der Waals surface area contributed by atoms with E-state index in [0.717, 1.165) is 13.1 Å². The van der Waals surface area contributed by atoms with E-state index in [2.05, 4.69) is 86.8 Å². The smallest absolute Gasteiger partial charge is 0.300 e. The Bertz CT molecular complexity index is 260. The van der Waals surface area contributed by atoms with Gasteiger partial charge in [-0.15, -0.1) is 0 Å². The largest absolute Gasteiger partial charge is 0.378 e. The summed E-state index contributed by atoms with van der Waals surface area (Å²) < 4.78 is 2.39. The summed E-state index contributed by atoms with van der Waals surface area (Å²) >= 11 is 0. The molecule has 0 aliphatic heterocycles. The minimum absolute atomic E-state index is 0.188. The van der Waals surface area contributed by atoms with Crippen molar-refractivity contribution in [2.24, 2.45) is 5.92 Å². The maximum Gasteiger partial charge on any atom is 0.300 e. The minimum Gasteiger partial charge on any atom is -0.378 e. The highest BCUT2D eigenvalue weighted by Crippen LogP contribution is 2.26. The van der Waals surface area contributed by atoms with E-state index in [4.69, 9.17) is 0 Å². The first kappa shape index (κ1) is 20.0. The van der Waals surface area contributed by atoms with Crippen molar-refractivity contribution in [2.45, 2.75) is 86.0 Å². The van der Waals surface area contributed by atoms with E-state index in [1.165, 1.54) is 12.8 Å². The molecule has 0 unspecified atom stereocenters. The Morgan fingerprint density at radius 2 is 1.40 bits per heavy atom. The summed E-state index contributed by atoms with van der Waals surface area (Å²) in [5.41, 5.74) is 0.188. The van der Waals surface area contributed by atoms with Crippen molar-refractivity contribution in [1.82, 2.24) is 9.53 Å². The molecule has 0 bridgehead atoms. The van der Waals surface area contributed by atoms with Crippen LogP contribution in [0.15, 0.2) is 0 Å². The molecule has 0 saturated carbocycles. The summed E-state index contributed by atoms with van der Waals surface area (Å²) in [6.45, 7) is 22.8. The average Bonchev–Trinajstić information content (AvgIpc) is 2.26. The standard InChI is InChI=1S/C16H36B2N2/c1-10-12-19(16(8,9)14(3)4)18-20(13-11-2)17-15(5,6)7/h14H,10-13H2,1-9H3. The molecule has 116 valence electrons. The van der Waals surface area contributed by atoms with Gasteiger partial charge < -0.3 is 9.53 Å². The molecule has 0 aliphatic carbocycles. The summed E-state index contributed by atoms with van der Waals surface area (Å²) in [6.07, 6.45) is 2.35. The van der Waals surface area contributed by atoms with Crippen LogP contribution in [0.25, 0.3) is 0 Å². The first-order valence-electron chi connectivity index (χ1n) is 8.28. The molecule has 0 N–H and O–H groups in total. The third-order valence-corrected chi connectivity index (χ3v) is 3.94. The third kappa shape index (κ3) is 7.17. The van der Waals surface area contributed by atoms with Crippen LogP contribution in [0.1, 0.15) is 75.2 Å². The van der Waals surface area contributed by atoms with Crippen molar-refractivity contribution in [3.05, 3.63) is 0 Å². The number of nitrogens with zero attached hydrogens (tertiary/aromatic N) is 2. The quantitative estimate of drug-likeness (QED) is 0.583. The number of rotatable bonds is 9. The Labute approximate surface area is 130 Å². The van der Waals surface area contributed by atoms with Crippen LogP contribution < -0.4 is 0 Å². The van der Waals surface area contributed by atoms with Crippen LogP contribution in [0.4, 0.5) is 0 Å². The molecule has 2 nitrogen and oxygen atoms in total. The molecule has 0 aromatic heterocycles. The number of hydrogen-bond acceptors (Lipinski definition) is 2. The van der Waals surface area contributed by atoms with Crippen LogP contribution in [-0.2, 0) is 0 Å². The molecule has 0 saturated heterocycles. The van der Waals surface area contributed by atoms with Gasteiger partial charge in [0.25, 0.3) is 0 Å². The maximum absolute atomic E-state index is 2.52. The lowest BCUT2D eigenvalue weighted by Crippen LogP contribution is -2.56. The van der Waals surface area contributed by atoms with Crippen LogP contribution in [-0.4, -0.2) is 43.1 Å². The topological polar surface area (TPSA) is 6.48 Å². The highest BCUT2D eigenvalue weighted by atomic mass is 15.2. The molecule has 0 aromatic carbocycles. The van der Waals surface area contributed by atoms with E-state index in [1.807, 2.05) is 0 Å². The molecular weight excluding hydrogens is 242 g/mol. The van der Waals surface area contributed by atoms with E-state index in [9.17, 15) is 0 Å². The average molecular weight is 278 g/mol. The molecule has 0 rings (SSSR count). The lowest BCUT2D eigenvalue weighted by atomic mass is 9.60. The normalized spacial score (nSPS) is 13.4. The van der Waals surface area contributed by atoms with Crippen LogP contribution in [0, 0.1) is 5.92 Å². The van der Waals surface area contributed by atoms with Gasteiger partial charge >= 0.3 is 7.55 Å². The van der Waals surface area contributed by atoms with Crippen molar-refractivity contribution in [2.75, 3.05) is 13.1 Å². The molecule has 0 aliphatic rings. The van der Waals surface area contributed by atoms with Crippen molar-refractivity contribution in [3.8, 4) is 0 Å². The maximum atomic E-state index is 2.52. The fraction of sp³-hybridized carbons (Fsp3) is 1.00. The van der Waals surface area contributed by atoms with Gasteiger partial charge in [0, 0.05) is 5.54 Å². The van der Waals surface area contributed by atoms with Gasteiger partial charge in [-0.2, -0.15) is 0 Å². The van der Waals surface area contributed by atoms with Crippen LogP contribution in [0.5, 0.6) is 0 Å². The third-order valence-electron chi connectivity index (χ3n) is 3.94. The molecule has 0 atom stereocenters. The molecule has 0 fully saturated rings. The van der Waals surface area contributed by atoms with Gasteiger partial charge in [-0.1, -0.05) is 48.5 Å². The second kappa shape index (κ2) is 8.48. The molecule has 0 heterocycles. The summed E-state index contributed by atoms with van der Waals surface area (Å²) in [5.74, 6) is 0.628. The molecular formula is C16H36B2N2. The lowest BCUT2D eigenvalue weighted by Gasteiger charge is -2.44. The van der Waals surface area contributed by atoms with Crippen molar-refractivity contribution in [1.29, 1.82) is 0 Å². The minimum atomic E-state index is 0.188. The van der Waals surface area contributed by atoms with E-state index in [-0.39, 0.29) is 10.9 Å². The van der Waals surface area contributed by atoms with Gasteiger partial charge in [-0.3, -0.25) is 0 Å². The zero-order valence-electron chi connectivity index (χ0n) is 15.5. The highest BCUT2D eigenvalue weighted by molar-refractivity contribution is 6.50. The van der Waals surface area contributed by atoms with Crippen molar-refractivity contribution >= 4 is 15.0 Å². The van der Waals surface area contributed by atoms with Crippen LogP contribution in [0.2, 0.25) is 5.31 Å². The Kier molecular flexibility index (Phi) is 8.50. The van der Waals surface area contributed by atoms with E-state index in [1.54, 1.807) is 0 Å². The SMILES string of the molecule is CCCN([B]N(CCC)C(C)(C)C(C)C)[B]C(C)(C)C. The van der Waals surface area contributed by atoms with E-state index in [0.29, 0.717) is 5.92 Å². The predicted octanol–water partition coefficient (Wildman–Crippen LogP) is 4.22. The summed E-state index contributed by atoms with van der Waals surface area (Å²) in [4.78, 5) is 2.52. The van der Waals surface area contributed by atoms with Gasteiger partial charge in [0.05, 0.1) is 0 Å². The highest BCUT2D eigenvalue weighted by Gasteiger charge is 2.32. The fourth-order valence-electron chi connectivity index (χ4n) is 2.16. The van der Waals surface area contributed by atoms with Crippen LogP contribution >= 0.6 is 0 Å². The Morgan fingerprint density at radius 1 is 0.900 bits per heavy atom. The lowest BCUT2D eigenvalue weighted by molar-refractivity contribution is 0.159. The van der Waals surface area contributed by atoms with E-state index < -0.39 is 0 Å². The molecule has 0 amide bonds. The van der Waals surface area contributed by atoms with Gasteiger partial charge in [0.15, 0.2) is 0 Å². The molecule has 4 heteroatoms. The van der Waals surface area contributed by atoms with E-state index >= 15 is 0 Å². The number of hydrogen-bond donors (Lipinski definition) is 0. The van der Waals surface area contributed by atoms with Gasteiger partial charge in [0.2, 0.25) is 7.41 Å². The monoisotopic (exact) mass is 278 g/mol. The molecule has 20 heavy (non-hydrogen) atoms. The summed E-state index contributed by atoms with van der Waals surface area (Å²) in [5, 5.41) is 0.214. The molecule has 0 spiro atoms. The van der Waals surface area contributed by atoms with Crippen molar-refractivity contribution in [3.63, 3.8) is 0 Å². The fourth-order valence-corrected chi connectivity index (χ4v) is 2.16. The van der Waals surface area contributed by atoms with Gasteiger partial charge in [-0.25, -0.2) is 0 Å². The first-order valence-corrected chi connectivity index (χ1v) is 8.28. The zero-order chi connectivity index (χ0) is 16.0. The molecule has 0 aromatic rings. The van der Waals surface area contributed by atoms with Crippen molar-refractivity contribution < 1.29 is 0 Å². The van der Waals surface area contributed by atoms with Crippen LogP contribution in [0.3, 0.4) is 0 Å². The second-order valence-electron chi connectivity index (χ2n) is 7.85.